The van der Waals surface area contributed by atoms with Gasteiger partial charge in [-0.15, -0.1) is 11.3 Å². The van der Waals surface area contributed by atoms with E-state index in [9.17, 15) is 0 Å². The molecule has 74 valence electrons. The van der Waals surface area contributed by atoms with E-state index < -0.39 is 0 Å². The summed E-state index contributed by atoms with van der Waals surface area (Å²) in [5.41, 5.74) is 2.74. The third-order valence-electron chi connectivity index (χ3n) is 2.94. The van der Waals surface area contributed by atoms with E-state index in [1.165, 1.54) is 26.6 Å². The Morgan fingerprint density at radius 2 is 1.93 bits per heavy atom. The van der Waals surface area contributed by atoms with Crippen molar-refractivity contribution in [3.8, 4) is 0 Å². The van der Waals surface area contributed by atoms with E-state index in [1.54, 1.807) is 11.3 Å². The molecule has 1 aromatic carbocycles. The molecule has 0 atom stereocenters. The van der Waals surface area contributed by atoms with Crippen LogP contribution >= 0.6 is 11.3 Å². The predicted octanol–water partition coefficient (Wildman–Crippen LogP) is 4.07. The van der Waals surface area contributed by atoms with Crippen LogP contribution in [0.3, 0.4) is 0 Å². The molecule has 0 aliphatic heterocycles. The number of benzene rings is 1. The normalized spacial score (nSPS) is 11.3. The number of rotatable bonds is 0. The highest BCUT2D eigenvalue weighted by Crippen LogP contribution is 2.35. The fourth-order valence-corrected chi connectivity index (χ4v) is 3.10. The second-order valence-electron chi connectivity index (χ2n) is 3.84. The van der Waals surface area contributed by atoms with Crippen LogP contribution in [0.2, 0.25) is 0 Å². The minimum Gasteiger partial charge on any atom is -0.245 e. The molecule has 0 radical (unpaired) electrons. The van der Waals surface area contributed by atoms with Crippen molar-refractivity contribution in [1.82, 2.24) is 4.98 Å². The first-order valence-corrected chi connectivity index (χ1v) is 5.82. The van der Waals surface area contributed by atoms with Crippen LogP contribution in [0.15, 0.2) is 30.5 Å². The predicted molar refractivity (Wildman–Crippen MR) is 66.6 cm³/mol. The Bertz CT molecular complexity index is 652. The van der Waals surface area contributed by atoms with E-state index in [0.717, 1.165) is 4.83 Å². The molecule has 1 nitrogen and oxygen atoms in total. The van der Waals surface area contributed by atoms with Gasteiger partial charge in [-0.1, -0.05) is 12.1 Å². The van der Waals surface area contributed by atoms with Gasteiger partial charge >= 0.3 is 0 Å². The molecule has 0 aliphatic carbocycles. The average molecular weight is 213 g/mol. The molecule has 15 heavy (non-hydrogen) atoms. The SMILES string of the molecule is Cc1ccc2c(sc3ncccc32)c1C. The van der Waals surface area contributed by atoms with Crippen molar-refractivity contribution in [1.29, 1.82) is 0 Å². The number of thiophene rings is 1. The van der Waals surface area contributed by atoms with E-state index in [2.05, 4.69) is 37.0 Å². The first-order valence-electron chi connectivity index (χ1n) is 5.01. The summed E-state index contributed by atoms with van der Waals surface area (Å²) in [4.78, 5) is 5.55. The molecule has 2 heterocycles. The molecule has 0 N–H and O–H groups in total. The summed E-state index contributed by atoms with van der Waals surface area (Å²) in [6.45, 7) is 4.35. The zero-order chi connectivity index (χ0) is 10.4. The smallest absolute Gasteiger partial charge is 0.124 e. The Kier molecular flexibility index (Phi) is 1.80. The fourth-order valence-electron chi connectivity index (χ4n) is 1.91. The van der Waals surface area contributed by atoms with Gasteiger partial charge in [-0.05, 0) is 37.1 Å². The van der Waals surface area contributed by atoms with Crippen molar-refractivity contribution in [2.45, 2.75) is 13.8 Å². The van der Waals surface area contributed by atoms with E-state index in [0.29, 0.717) is 0 Å². The van der Waals surface area contributed by atoms with Crippen molar-refractivity contribution in [3.05, 3.63) is 41.6 Å². The van der Waals surface area contributed by atoms with Crippen molar-refractivity contribution in [2.75, 3.05) is 0 Å². The number of hydrogen-bond donors (Lipinski definition) is 0. The fraction of sp³-hybridized carbons (Fsp3) is 0.154. The maximum Gasteiger partial charge on any atom is 0.124 e. The number of aryl methyl sites for hydroxylation is 2. The van der Waals surface area contributed by atoms with Crippen molar-refractivity contribution >= 4 is 31.6 Å². The van der Waals surface area contributed by atoms with E-state index in [-0.39, 0.29) is 0 Å². The summed E-state index contributed by atoms with van der Waals surface area (Å²) < 4.78 is 1.38. The molecular formula is C13H11NS. The molecule has 0 aliphatic rings. The lowest BCUT2D eigenvalue weighted by Gasteiger charge is -1.99. The van der Waals surface area contributed by atoms with E-state index in [1.807, 2.05) is 12.3 Å². The van der Waals surface area contributed by atoms with Crippen molar-refractivity contribution < 1.29 is 0 Å². The molecule has 0 unspecified atom stereocenters. The standard InChI is InChI=1S/C13H11NS/c1-8-5-6-10-11-4-3-7-14-13(11)15-12(10)9(8)2/h3-7H,1-2H3. The molecule has 0 saturated heterocycles. The third kappa shape index (κ3) is 1.18. The first kappa shape index (κ1) is 8.86. The maximum absolute atomic E-state index is 4.41. The zero-order valence-electron chi connectivity index (χ0n) is 8.74. The van der Waals surface area contributed by atoms with Crippen LogP contribution in [0.4, 0.5) is 0 Å². The van der Waals surface area contributed by atoms with Gasteiger partial charge in [0.2, 0.25) is 0 Å². The summed E-state index contributed by atoms with van der Waals surface area (Å²) in [6, 6.07) is 8.55. The van der Waals surface area contributed by atoms with Gasteiger partial charge in [0, 0.05) is 21.7 Å². The minimum absolute atomic E-state index is 1.14. The number of hydrogen-bond acceptors (Lipinski definition) is 2. The summed E-state index contributed by atoms with van der Waals surface area (Å²) in [6.07, 6.45) is 1.86. The van der Waals surface area contributed by atoms with Crippen molar-refractivity contribution in [3.63, 3.8) is 0 Å². The molecule has 3 aromatic rings. The zero-order valence-corrected chi connectivity index (χ0v) is 9.56. The Hall–Kier alpha value is -1.41. The number of fused-ring (bicyclic) bond motifs is 3. The molecule has 0 saturated carbocycles. The Labute approximate surface area is 92.4 Å². The highest BCUT2D eigenvalue weighted by Gasteiger charge is 2.07. The van der Waals surface area contributed by atoms with Crippen LogP contribution in [0.1, 0.15) is 11.1 Å². The number of nitrogens with zero attached hydrogens (tertiary/aromatic N) is 1. The third-order valence-corrected chi connectivity index (χ3v) is 4.19. The minimum atomic E-state index is 1.14. The summed E-state index contributed by atoms with van der Waals surface area (Å²) in [7, 11) is 0. The highest BCUT2D eigenvalue weighted by molar-refractivity contribution is 7.25. The van der Waals surface area contributed by atoms with Crippen LogP contribution in [0.25, 0.3) is 20.3 Å². The molecule has 0 fully saturated rings. The van der Waals surface area contributed by atoms with Gasteiger partial charge < -0.3 is 0 Å². The van der Waals surface area contributed by atoms with Crippen LogP contribution in [-0.2, 0) is 0 Å². The maximum atomic E-state index is 4.41. The summed E-state index contributed by atoms with van der Waals surface area (Å²) in [5, 5.41) is 2.62. The monoisotopic (exact) mass is 213 g/mol. The van der Waals surface area contributed by atoms with Crippen LogP contribution in [0.5, 0.6) is 0 Å². The summed E-state index contributed by atoms with van der Waals surface area (Å²) >= 11 is 1.79. The van der Waals surface area contributed by atoms with Gasteiger partial charge in [0.05, 0.1) is 0 Å². The average Bonchev–Trinajstić information content (AvgIpc) is 2.63. The molecule has 0 spiro atoms. The molecule has 3 rings (SSSR count). The topological polar surface area (TPSA) is 12.9 Å². The van der Waals surface area contributed by atoms with Gasteiger partial charge in [0.15, 0.2) is 0 Å². The molecular weight excluding hydrogens is 202 g/mol. The van der Waals surface area contributed by atoms with Crippen LogP contribution in [0, 0.1) is 13.8 Å². The Morgan fingerprint density at radius 1 is 1.07 bits per heavy atom. The summed E-state index contributed by atoms with van der Waals surface area (Å²) in [5.74, 6) is 0. The molecule has 0 amide bonds. The van der Waals surface area contributed by atoms with Gasteiger partial charge in [-0.25, -0.2) is 4.98 Å². The quantitative estimate of drug-likeness (QED) is 0.548. The molecule has 2 aromatic heterocycles. The highest BCUT2D eigenvalue weighted by atomic mass is 32.1. The second kappa shape index (κ2) is 3.04. The number of aromatic nitrogens is 1. The Balaban J connectivity index is 2.60. The van der Waals surface area contributed by atoms with Crippen LogP contribution < -0.4 is 0 Å². The molecule has 2 heteroatoms. The lowest BCUT2D eigenvalue weighted by atomic mass is 10.1. The van der Waals surface area contributed by atoms with Gasteiger partial charge in [-0.3, -0.25) is 0 Å². The first-order chi connectivity index (χ1) is 7.27. The lowest BCUT2D eigenvalue weighted by molar-refractivity contribution is 1.39. The van der Waals surface area contributed by atoms with Gasteiger partial charge in [0.25, 0.3) is 0 Å². The van der Waals surface area contributed by atoms with Crippen LogP contribution in [-0.4, -0.2) is 4.98 Å². The number of pyridine rings is 1. The van der Waals surface area contributed by atoms with Gasteiger partial charge in [0.1, 0.15) is 4.83 Å². The second-order valence-corrected chi connectivity index (χ2v) is 4.84. The lowest BCUT2D eigenvalue weighted by Crippen LogP contribution is -1.78. The van der Waals surface area contributed by atoms with Gasteiger partial charge in [-0.2, -0.15) is 0 Å². The Morgan fingerprint density at radius 3 is 2.80 bits per heavy atom. The molecule has 0 bridgehead atoms. The van der Waals surface area contributed by atoms with E-state index >= 15 is 0 Å². The largest absolute Gasteiger partial charge is 0.245 e. The van der Waals surface area contributed by atoms with E-state index in [4.69, 9.17) is 0 Å². The van der Waals surface area contributed by atoms with Crippen molar-refractivity contribution in [2.24, 2.45) is 0 Å².